The zero-order valence-corrected chi connectivity index (χ0v) is 19.1. The number of anilines is 2. The summed E-state index contributed by atoms with van der Waals surface area (Å²) >= 11 is 0. The van der Waals surface area contributed by atoms with E-state index in [9.17, 15) is 4.79 Å². The SMILES string of the molecule is [B]C(=C/N)/C=C(\N)C(=O)Nc1ccc(C)c(-c2cc(OCCC)nc(N3CCOCC3)c2)c1. The molecule has 3 rings (SSSR count). The van der Waals surface area contributed by atoms with Crippen LogP contribution >= 0.6 is 0 Å². The van der Waals surface area contributed by atoms with Gasteiger partial charge in [-0.1, -0.05) is 18.5 Å². The summed E-state index contributed by atoms with van der Waals surface area (Å²) in [6, 6.07) is 9.64. The van der Waals surface area contributed by atoms with Gasteiger partial charge < -0.3 is 31.2 Å². The maximum absolute atomic E-state index is 12.5. The molecule has 8 nitrogen and oxygen atoms in total. The number of carbonyl (C=O) groups is 1. The van der Waals surface area contributed by atoms with Gasteiger partial charge in [0.1, 0.15) is 13.7 Å². The van der Waals surface area contributed by atoms with Crippen LogP contribution in [0.1, 0.15) is 18.9 Å². The van der Waals surface area contributed by atoms with Crippen LogP contribution in [0.5, 0.6) is 5.88 Å². The van der Waals surface area contributed by atoms with Gasteiger partial charge in [0.15, 0.2) is 0 Å². The zero-order valence-electron chi connectivity index (χ0n) is 19.1. The van der Waals surface area contributed by atoms with Gasteiger partial charge in [0.05, 0.1) is 25.5 Å². The first kappa shape index (κ1) is 24.2. The van der Waals surface area contributed by atoms with Crippen molar-refractivity contribution in [1.29, 1.82) is 0 Å². The molecular formula is C24H30BN5O3. The highest BCUT2D eigenvalue weighted by molar-refractivity contribution is 6.24. The fourth-order valence-corrected chi connectivity index (χ4v) is 3.39. The quantitative estimate of drug-likeness (QED) is 0.323. The van der Waals surface area contributed by atoms with Gasteiger partial charge in [-0.2, -0.15) is 4.98 Å². The number of nitrogens with one attached hydrogen (secondary N) is 1. The molecular weight excluding hydrogens is 417 g/mol. The van der Waals surface area contributed by atoms with Crippen molar-refractivity contribution in [2.24, 2.45) is 11.5 Å². The van der Waals surface area contributed by atoms with Crippen molar-refractivity contribution in [2.45, 2.75) is 20.3 Å². The lowest BCUT2D eigenvalue weighted by Gasteiger charge is -2.28. The maximum Gasteiger partial charge on any atom is 0.271 e. The predicted molar refractivity (Wildman–Crippen MR) is 132 cm³/mol. The summed E-state index contributed by atoms with van der Waals surface area (Å²) in [6.45, 7) is 7.52. The molecule has 1 aromatic carbocycles. The minimum absolute atomic E-state index is 0.0370. The van der Waals surface area contributed by atoms with Gasteiger partial charge in [-0.15, -0.1) is 0 Å². The Morgan fingerprint density at radius 2 is 2.06 bits per heavy atom. The van der Waals surface area contributed by atoms with E-state index in [-0.39, 0.29) is 11.2 Å². The zero-order chi connectivity index (χ0) is 23.8. The molecule has 5 N–H and O–H groups in total. The van der Waals surface area contributed by atoms with Gasteiger partial charge in [-0.3, -0.25) is 4.79 Å². The van der Waals surface area contributed by atoms with E-state index in [4.69, 9.17) is 33.8 Å². The fraction of sp³-hybridized carbons (Fsp3) is 0.333. The second-order valence-corrected chi connectivity index (χ2v) is 7.75. The number of pyridine rings is 1. The van der Waals surface area contributed by atoms with Crippen molar-refractivity contribution in [3.8, 4) is 17.0 Å². The van der Waals surface area contributed by atoms with Crippen molar-refractivity contribution in [3.05, 3.63) is 59.3 Å². The smallest absolute Gasteiger partial charge is 0.271 e. The second kappa shape index (κ2) is 11.4. The minimum atomic E-state index is -0.467. The van der Waals surface area contributed by atoms with E-state index in [0.717, 1.165) is 42.0 Å². The standard InChI is InChI=1S/C24H30BN5O3/c1-3-8-33-23-12-17(11-22(29-23)30-6-9-32-10-7-30)20-14-19(5-4-16(20)2)28-24(31)21(27)13-18(25)15-26/h4-5,11-15H,3,6-10,26-27H2,1-2H3,(H,28,31)/b18-15+,21-13-. The van der Waals surface area contributed by atoms with Gasteiger partial charge in [0, 0.05) is 24.8 Å². The van der Waals surface area contributed by atoms with Gasteiger partial charge in [-0.05, 0) is 60.5 Å². The van der Waals surface area contributed by atoms with Crippen LogP contribution in [-0.2, 0) is 9.53 Å². The maximum atomic E-state index is 12.5. The molecule has 2 radical (unpaired) electrons. The molecule has 1 fully saturated rings. The van der Waals surface area contributed by atoms with Crippen LogP contribution in [0.3, 0.4) is 0 Å². The van der Waals surface area contributed by atoms with Crippen LogP contribution in [0.2, 0.25) is 0 Å². The molecule has 0 unspecified atom stereocenters. The monoisotopic (exact) mass is 447 g/mol. The molecule has 33 heavy (non-hydrogen) atoms. The molecule has 0 bridgehead atoms. The Morgan fingerprint density at radius 3 is 2.76 bits per heavy atom. The van der Waals surface area contributed by atoms with Crippen molar-refractivity contribution in [2.75, 3.05) is 43.1 Å². The lowest BCUT2D eigenvalue weighted by molar-refractivity contribution is -0.112. The van der Waals surface area contributed by atoms with Crippen molar-refractivity contribution < 1.29 is 14.3 Å². The first-order chi connectivity index (χ1) is 15.9. The van der Waals surface area contributed by atoms with Crippen molar-refractivity contribution >= 4 is 25.3 Å². The number of ether oxygens (including phenoxy) is 2. The van der Waals surface area contributed by atoms with Crippen LogP contribution < -0.4 is 26.4 Å². The molecule has 1 saturated heterocycles. The third kappa shape index (κ3) is 6.52. The Kier molecular flexibility index (Phi) is 8.37. The molecule has 1 aliphatic rings. The van der Waals surface area contributed by atoms with Gasteiger partial charge >= 0.3 is 0 Å². The van der Waals surface area contributed by atoms with Crippen LogP contribution in [0, 0.1) is 6.92 Å². The number of morpholine rings is 1. The molecule has 0 atom stereocenters. The minimum Gasteiger partial charge on any atom is -0.478 e. The highest BCUT2D eigenvalue weighted by Crippen LogP contribution is 2.32. The molecule has 1 amide bonds. The molecule has 2 heterocycles. The highest BCUT2D eigenvalue weighted by Gasteiger charge is 2.17. The number of allylic oxidation sites excluding steroid dienone is 2. The van der Waals surface area contributed by atoms with Gasteiger partial charge in [0.2, 0.25) is 5.88 Å². The summed E-state index contributed by atoms with van der Waals surface area (Å²) in [5.41, 5.74) is 14.9. The van der Waals surface area contributed by atoms with Crippen LogP contribution in [0.25, 0.3) is 11.1 Å². The van der Waals surface area contributed by atoms with E-state index in [1.165, 1.54) is 12.3 Å². The number of aromatic nitrogens is 1. The van der Waals surface area contributed by atoms with Crippen LogP contribution in [0.4, 0.5) is 11.5 Å². The molecule has 0 aliphatic carbocycles. The summed E-state index contributed by atoms with van der Waals surface area (Å²) in [7, 11) is 5.62. The molecule has 0 saturated carbocycles. The van der Waals surface area contributed by atoms with Crippen molar-refractivity contribution in [1.82, 2.24) is 4.98 Å². The number of benzene rings is 1. The number of hydrogen-bond acceptors (Lipinski definition) is 7. The molecule has 0 spiro atoms. The average Bonchev–Trinajstić information content (AvgIpc) is 2.84. The fourth-order valence-electron chi connectivity index (χ4n) is 3.39. The summed E-state index contributed by atoms with van der Waals surface area (Å²) in [5, 5.41) is 2.81. The van der Waals surface area contributed by atoms with Crippen LogP contribution in [-0.4, -0.2) is 51.6 Å². The Labute approximate surface area is 196 Å². The van der Waals surface area contributed by atoms with Gasteiger partial charge in [0.25, 0.3) is 5.91 Å². The largest absolute Gasteiger partial charge is 0.478 e. The molecule has 172 valence electrons. The molecule has 2 aromatic rings. The number of aryl methyl sites for hydroxylation is 1. The Morgan fingerprint density at radius 1 is 1.30 bits per heavy atom. The van der Waals surface area contributed by atoms with E-state index in [0.29, 0.717) is 31.4 Å². The van der Waals surface area contributed by atoms with E-state index in [1.54, 1.807) is 0 Å². The normalized spacial score (nSPS) is 14.8. The highest BCUT2D eigenvalue weighted by atomic mass is 16.5. The third-order valence-corrected chi connectivity index (χ3v) is 5.16. The Hall–Kier alpha value is -3.46. The lowest BCUT2D eigenvalue weighted by atomic mass is 9.96. The average molecular weight is 447 g/mol. The molecule has 9 heteroatoms. The summed E-state index contributed by atoms with van der Waals surface area (Å²) in [4.78, 5) is 19.3. The van der Waals surface area contributed by atoms with Crippen molar-refractivity contribution in [3.63, 3.8) is 0 Å². The number of carbonyl (C=O) groups excluding carboxylic acids is 1. The second-order valence-electron chi connectivity index (χ2n) is 7.75. The van der Waals surface area contributed by atoms with Gasteiger partial charge in [-0.25, -0.2) is 0 Å². The molecule has 1 aliphatic heterocycles. The Balaban J connectivity index is 1.94. The number of nitrogens with zero attached hydrogens (tertiary/aromatic N) is 2. The number of hydrogen-bond donors (Lipinski definition) is 3. The lowest BCUT2D eigenvalue weighted by Crippen LogP contribution is -2.36. The first-order valence-electron chi connectivity index (χ1n) is 11.0. The van der Waals surface area contributed by atoms with E-state index in [1.807, 2.05) is 37.3 Å². The van der Waals surface area contributed by atoms with E-state index >= 15 is 0 Å². The van der Waals surface area contributed by atoms with E-state index in [2.05, 4.69) is 17.1 Å². The number of amides is 1. The first-order valence-corrected chi connectivity index (χ1v) is 11.0. The predicted octanol–water partition coefficient (Wildman–Crippen LogP) is 2.43. The molecule has 1 aromatic heterocycles. The summed E-state index contributed by atoms with van der Waals surface area (Å²) in [5.74, 6) is 0.943. The number of nitrogens with two attached hydrogens (primary N) is 2. The Bertz CT molecular complexity index is 1050. The van der Waals surface area contributed by atoms with E-state index < -0.39 is 5.91 Å². The summed E-state index contributed by atoms with van der Waals surface area (Å²) in [6.07, 6.45) is 3.38. The number of rotatable bonds is 8. The topological polar surface area (TPSA) is 116 Å². The van der Waals surface area contributed by atoms with Crippen LogP contribution in [0.15, 0.2) is 53.8 Å². The summed E-state index contributed by atoms with van der Waals surface area (Å²) < 4.78 is 11.4. The third-order valence-electron chi connectivity index (χ3n) is 5.16.